The molecule has 0 saturated carbocycles. The van der Waals surface area contributed by atoms with Crippen molar-refractivity contribution < 1.29 is 23.5 Å². The van der Waals surface area contributed by atoms with Crippen LogP contribution in [0.3, 0.4) is 0 Å². The van der Waals surface area contributed by atoms with Crippen LogP contribution in [0.5, 0.6) is 5.75 Å². The second kappa shape index (κ2) is 3.25. The quantitative estimate of drug-likeness (QED) is 0.573. The summed E-state index contributed by atoms with van der Waals surface area (Å²) in [6.45, 7) is 5.50. The summed E-state index contributed by atoms with van der Waals surface area (Å²) >= 11 is 0. The number of benzene rings is 1. The van der Waals surface area contributed by atoms with Gasteiger partial charge in [-0.3, -0.25) is 4.79 Å². The Kier molecular flexibility index (Phi) is 2.00. The van der Waals surface area contributed by atoms with Gasteiger partial charge in [-0.15, -0.1) is 0 Å². The average Bonchev–Trinajstić information content (AvgIpc) is 2.89. The van der Waals surface area contributed by atoms with Crippen molar-refractivity contribution in [1.82, 2.24) is 0 Å². The molecule has 5 nitrogen and oxygen atoms in total. The van der Waals surface area contributed by atoms with E-state index < -0.39 is 5.41 Å². The van der Waals surface area contributed by atoms with Crippen LogP contribution in [0.15, 0.2) is 10.5 Å². The molecule has 1 aliphatic rings. The number of cyclic esters (lactones) is 1. The summed E-state index contributed by atoms with van der Waals surface area (Å²) in [5.41, 5.74) is 1.39. The highest BCUT2D eigenvalue weighted by Gasteiger charge is 2.34. The van der Waals surface area contributed by atoms with Crippen molar-refractivity contribution in [3.8, 4) is 5.75 Å². The molecular formula is C13H12O5. The molecule has 18 heavy (non-hydrogen) atoms. The van der Waals surface area contributed by atoms with Crippen molar-refractivity contribution in [1.29, 1.82) is 0 Å². The Morgan fingerprint density at radius 2 is 2.11 bits per heavy atom. The smallest absolute Gasteiger partial charge is 0.342 e. The van der Waals surface area contributed by atoms with Gasteiger partial charge in [-0.05, 0) is 20.8 Å². The minimum atomic E-state index is -0.590. The molecule has 94 valence electrons. The molecule has 3 rings (SSSR count). The summed E-state index contributed by atoms with van der Waals surface area (Å²) < 4.78 is 15.6. The first-order chi connectivity index (χ1) is 8.38. The first-order valence-electron chi connectivity index (χ1n) is 5.65. The number of carbonyl (C=O) groups excluding carboxylic acids is 2. The monoisotopic (exact) mass is 248 g/mol. The predicted molar refractivity (Wildman–Crippen MR) is 61.6 cm³/mol. The fourth-order valence-corrected chi connectivity index (χ4v) is 1.87. The van der Waals surface area contributed by atoms with E-state index in [1.165, 1.54) is 0 Å². The van der Waals surface area contributed by atoms with Crippen LogP contribution >= 0.6 is 0 Å². The van der Waals surface area contributed by atoms with E-state index in [0.717, 1.165) is 0 Å². The molecule has 0 amide bonds. The van der Waals surface area contributed by atoms with E-state index in [2.05, 4.69) is 0 Å². The molecule has 1 aliphatic heterocycles. The van der Waals surface area contributed by atoms with E-state index in [1.807, 2.05) is 0 Å². The van der Waals surface area contributed by atoms with E-state index >= 15 is 0 Å². The predicted octanol–water partition coefficient (Wildman–Crippen LogP) is 2.49. The SMILES string of the molecule is CC(C)(C)C(=O)Oc1cc2oc1c1c2C(=O)OC1. The number of hydrogen-bond acceptors (Lipinski definition) is 5. The van der Waals surface area contributed by atoms with Crippen LogP contribution in [0.4, 0.5) is 0 Å². The Bertz CT molecular complexity index is 644. The van der Waals surface area contributed by atoms with E-state index in [1.54, 1.807) is 26.8 Å². The Labute approximate surface area is 103 Å². The maximum absolute atomic E-state index is 11.8. The lowest BCUT2D eigenvalue weighted by Crippen LogP contribution is -2.25. The number of rotatable bonds is 1. The van der Waals surface area contributed by atoms with Gasteiger partial charge in [0.1, 0.15) is 17.8 Å². The summed E-state index contributed by atoms with van der Waals surface area (Å²) in [6, 6.07) is 1.56. The minimum absolute atomic E-state index is 0.178. The minimum Gasteiger partial charge on any atom is -0.457 e. The van der Waals surface area contributed by atoms with Crippen LogP contribution in [0.1, 0.15) is 36.7 Å². The van der Waals surface area contributed by atoms with Crippen molar-refractivity contribution in [2.75, 3.05) is 0 Å². The summed E-state index contributed by atoms with van der Waals surface area (Å²) in [6.07, 6.45) is 0. The van der Waals surface area contributed by atoms with Crippen LogP contribution < -0.4 is 4.74 Å². The topological polar surface area (TPSA) is 65.7 Å². The van der Waals surface area contributed by atoms with Crippen molar-refractivity contribution in [3.05, 3.63) is 17.2 Å². The summed E-state index contributed by atoms with van der Waals surface area (Å²) in [5.74, 6) is -0.361. The van der Waals surface area contributed by atoms with E-state index in [9.17, 15) is 9.59 Å². The highest BCUT2D eigenvalue weighted by atomic mass is 16.6. The van der Waals surface area contributed by atoms with Gasteiger partial charge in [-0.25, -0.2) is 4.79 Å². The standard InChI is InChI=1S/C13H12O5/c1-13(2,3)12(15)18-8-4-7-9-6(10(8)17-7)5-16-11(9)14/h4H,5H2,1-3H3. The lowest BCUT2D eigenvalue weighted by atomic mass is 9.97. The van der Waals surface area contributed by atoms with E-state index in [0.29, 0.717) is 28.0 Å². The molecule has 2 aromatic rings. The molecule has 0 unspecified atom stereocenters. The molecule has 0 saturated heterocycles. The van der Waals surface area contributed by atoms with Gasteiger partial charge in [0.05, 0.1) is 11.0 Å². The zero-order chi connectivity index (χ0) is 13.1. The molecule has 0 N–H and O–H groups in total. The van der Waals surface area contributed by atoms with Crippen molar-refractivity contribution >= 4 is 23.1 Å². The third-order valence-electron chi connectivity index (χ3n) is 2.89. The van der Waals surface area contributed by atoms with Crippen molar-refractivity contribution in [3.63, 3.8) is 0 Å². The van der Waals surface area contributed by atoms with Crippen LogP contribution in [0.2, 0.25) is 0 Å². The molecule has 0 fully saturated rings. The van der Waals surface area contributed by atoms with E-state index in [-0.39, 0.29) is 18.5 Å². The lowest BCUT2D eigenvalue weighted by molar-refractivity contribution is -0.142. The van der Waals surface area contributed by atoms with Gasteiger partial charge in [-0.1, -0.05) is 0 Å². The number of esters is 2. The van der Waals surface area contributed by atoms with E-state index in [4.69, 9.17) is 13.9 Å². The van der Waals surface area contributed by atoms with Gasteiger partial charge in [0.15, 0.2) is 11.3 Å². The number of fused-ring (bicyclic) bond motifs is 5. The van der Waals surface area contributed by atoms with Gasteiger partial charge in [0.2, 0.25) is 0 Å². The molecule has 0 aromatic carbocycles. The average molecular weight is 248 g/mol. The lowest BCUT2D eigenvalue weighted by Gasteiger charge is -2.15. The van der Waals surface area contributed by atoms with Crippen molar-refractivity contribution in [2.45, 2.75) is 27.4 Å². The Morgan fingerprint density at radius 3 is 2.78 bits per heavy atom. The zero-order valence-corrected chi connectivity index (χ0v) is 10.3. The van der Waals surface area contributed by atoms with Crippen LogP contribution in [0, 0.1) is 5.41 Å². The highest BCUT2D eigenvalue weighted by molar-refractivity contribution is 6.05. The first kappa shape index (κ1) is 11.1. The molecule has 5 heteroatoms. The zero-order valence-electron chi connectivity index (χ0n) is 10.3. The number of hydrogen-bond donors (Lipinski definition) is 0. The molecule has 0 radical (unpaired) electrons. The van der Waals surface area contributed by atoms with Gasteiger partial charge < -0.3 is 13.9 Å². The fourth-order valence-electron chi connectivity index (χ4n) is 1.87. The third kappa shape index (κ3) is 1.40. The largest absolute Gasteiger partial charge is 0.457 e. The van der Waals surface area contributed by atoms with Crippen LogP contribution in [0.25, 0.3) is 11.2 Å². The Morgan fingerprint density at radius 1 is 1.39 bits per heavy atom. The molecule has 2 bridgehead atoms. The van der Waals surface area contributed by atoms with Crippen LogP contribution in [-0.4, -0.2) is 11.9 Å². The number of furan rings is 2. The second-order valence-corrected chi connectivity index (χ2v) is 5.37. The van der Waals surface area contributed by atoms with Gasteiger partial charge in [-0.2, -0.15) is 0 Å². The Hall–Kier alpha value is -2.04. The third-order valence-corrected chi connectivity index (χ3v) is 2.89. The number of ether oxygens (including phenoxy) is 2. The summed E-state index contributed by atoms with van der Waals surface area (Å²) in [4.78, 5) is 23.2. The fraction of sp³-hybridized carbons (Fsp3) is 0.385. The molecule has 0 aliphatic carbocycles. The second-order valence-electron chi connectivity index (χ2n) is 5.37. The van der Waals surface area contributed by atoms with Crippen LogP contribution in [-0.2, 0) is 16.1 Å². The van der Waals surface area contributed by atoms with Gasteiger partial charge >= 0.3 is 11.9 Å². The summed E-state index contributed by atoms with van der Waals surface area (Å²) in [7, 11) is 0. The first-order valence-corrected chi connectivity index (χ1v) is 5.65. The molecule has 0 spiro atoms. The highest BCUT2D eigenvalue weighted by Crippen LogP contribution is 2.41. The maximum atomic E-state index is 11.8. The summed E-state index contributed by atoms with van der Waals surface area (Å²) in [5, 5.41) is 0. The molecule has 3 heterocycles. The molecule has 2 aromatic heterocycles. The normalized spacial score (nSPS) is 14.9. The molecule has 0 atom stereocenters. The van der Waals surface area contributed by atoms with Crippen molar-refractivity contribution in [2.24, 2.45) is 5.41 Å². The molecular weight excluding hydrogens is 236 g/mol. The maximum Gasteiger partial charge on any atom is 0.342 e. The Balaban J connectivity index is 1.98. The number of carbonyl (C=O) groups is 2. The van der Waals surface area contributed by atoms with Gasteiger partial charge in [0, 0.05) is 6.07 Å². The van der Waals surface area contributed by atoms with Gasteiger partial charge in [0.25, 0.3) is 0 Å².